The molecular formula is C12H13ClO. The quantitative estimate of drug-likeness (QED) is 0.682. The number of halogens is 1. The second-order valence-corrected chi connectivity index (χ2v) is 4.26. The van der Waals surface area contributed by atoms with E-state index in [0.29, 0.717) is 5.92 Å². The molecule has 2 heteroatoms. The molecule has 1 heterocycles. The molecule has 0 amide bonds. The number of allylic oxidation sites excluding steroid dienone is 2. The molecular weight excluding hydrogens is 196 g/mol. The number of fused-ring (bicyclic) bond motifs is 1. The van der Waals surface area contributed by atoms with E-state index in [4.69, 9.17) is 16.3 Å². The molecule has 0 fully saturated rings. The molecule has 0 bridgehead atoms. The van der Waals surface area contributed by atoms with E-state index in [2.05, 4.69) is 19.9 Å². The van der Waals surface area contributed by atoms with Crippen molar-refractivity contribution in [2.24, 2.45) is 5.92 Å². The molecule has 1 aliphatic rings. The van der Waals surface area contributed by atoms with Crippen LogP contribution >= 0.6 is 11.6 Å². The lowest BCUT2D eigenvalue weighted by molar-refractivity contribution is 0.355. The molecule has 74 valence electrons. The lowest BCUT2D eigenvalue weighted by atomic mass is 10.0. The number of rotatable bonds is 1. The van der Waals surface area contributed by atoms with Gasteiger partial charge in [0.2, 0.25) is 0 Å². The monoisotopic (exact) mass is 208 g/mol. The molecule has 0 spiro atoms. The standard InChI is InChI=1S/C12H13ClO/c1-8(2)11-5-3-9-7-10(13)4-6-12(9)14-11/h4-8H,3H2,1-2H3. The summed E-state index contributed by atoms with van der Waals surface area (Å²) in [7, 11) is 0. The van der Waals surface area contributed by atoms with Gasteiger partial charge in [-0.3, -0.25) is 0 Å². The Hall–Kier alpha value is -0.950. The zero-order chi connectivity index (χ0) is 10.1. The Morgan fingerprint density at radius 1 is 1.36 bits per heavy atom. The Bertz CT molecular complexity index is 380. The van der Waals surface area contributed by atoms with Crippen molar-refractivity contribution in [3.05, 3.63) is 40.6 Å². The molecule has 0 atom stereocenters. The van der Waals surface area contributed by atoms with E-state index in [1.54, 1.807) is 0 Å². The summed E-state index contributed by atoms with van der Waals surface area (Å²) < 4.78 is 5.75. The van der Waals surface area contributed by atoms with Gasteiger partial charge in [0.15, 0.2) is 0 Å². The average Bonchev–Trinajstić information content (AvgIpc) is 2.16. The maximum absolute atomic E-state index is 5.90. The van der Waals surface area contributed by atoms with Crippen molar-refractivity contribution in [3.63, 3.8) is 0 Å². The van der Waals surface area contributed by atoms with Crippen molar-refractivity contribution in [1.29, 1.82) is 0 Å². The fourth-order valence-corrected chi connectivity index (χ4v) is 1.73. The topological polar surface area (TPSA) is 9.23 Å². The number of benzene rings is 1. The van der Waals surface area contributed by atoms with Gasteiger partial charge in [0.1, 0.15) is 11.5 Å². The highest BCUT2D eigenvalue weighted by Gasteiger charge is 2.14. The predicted octanol–water partition coefficient (Wildman–Crippen LogP) is 3.81. The Balaban J connectivity index is 2.30. The molecule has 0 unspecified atom stereocenters. The Kier molecular flexibility index (Phi) is 2.51. The molecule has 0 saturated heterocycles. The molecule has 1 aromatic carbocycles. The second kappa shape index (κ2) is 3.66. The van der Waals surface area contributed by atoms with Gasteiger partial charge in [-0.15, -0.1) is 0 Å². The van der Waals surface area contributed by atoms with Crippen LogP contribution in [0, 0.1) is 5.92 Å². The summed E-state index contributed by atoms with van der Waals surface area (Å²) in [4.78, 5) is 0. The van der Waals surface area contributed by atoms with Crippen LogP contribution in [-0.4, -0.2) is 0 Å². The number of hydrogen-bond donors (Lipinski definition) is 0. The fourth-order valence-electron chi connectivity index (χ4n) is 1.54. The number of ether oxygens (including phenoxy) is 1. The maximum Gasteiger partial charge on any atom is 0.130 e. The fraction of sp³-hybridized carbons (Fsp3) is 0.333. The minimum absolute atomic E-state index is 0.443. The van der Waals surface area contributed by atoms with Crippen LogP contribution in [0.2, 0.25) is 5.02 Å². The third-order valence-electron chi connectivity index (χ3n) is 2.34. The highest BCUT2D eigenvalue weighted by Crippen LogP contribution is 2.30. The molecule has 0 aliphatic carbocycles. The minimum Gasteiger partial charge on any atom is -0.461 e. The van der Waals surface area contributed by atoms with Gasteiger partial charge >= 0.3 is 0 Å². The largest absolute Gasteiger partial charge is 0.461 e. The van der Waals surface area contributed by atoms with Crippen LogP contribution in [-0.2, 0) is 6.42 Å². The summed E-state index contributed by atoms with van der Waals surface area (Å²) in [6, 6.07) is 5.77. The van der Waals surface area contributed by atoms with Gasteiger partial charge in [0.25, 0.3) is 0 Å². The first-order valence-corrected chi connectivity index (χ1v) is 5.21. The summed E-state index contributed by atoms with van der Waals surface area (Å²) in [5, 5.41) is 0.772. The lowest BCUT2D eigenvalue weighted by Crippen LogP contribution is -2.09. The van der Waals surface area contributed by atoms with E-state index in [9.17, 15) is 0 Å². The molecule has 0 N–H and O–H groups in total. The van der Waals surface area contributed by atoms with Gasteiger partial charge in [-0.05, 0) is 30.7 Å². The van der Waals surface area contributed by atoms with Crippen molar-refractivity contribution in [2.45, 2.75) is 20.3 Å². The van der Waals surface area contributed by atoms with Gasteiger partial charge in [-0.2, -0.15) is 0 Å². The van der Waals surface area contributed by atoms with Crippen molar-refractivity contribution < 1.29 is 4.74 Å². The SMILES string of the molecule is CC(C)C1=CCc2cc(Cl)ccc2O1. The van der Waals surface area contributed by atoms with Crippen LogP contribution in [0.15, 0.2) is 30.0 Å². The smallest absolute Gasteiger partial charge is 0.130 e. The third kappa shape index (κ3) is 1.78. The van der Waals surface area contributed by atoms with Crippen molar-refractivity contribution in [2.75, 3.05) is 0 Å². The van der Waals surface area contributed by atoms with E-state index >= 15 is 0 Å². The number of hydrogen-bond acceptors (Lipinski definition) is 1. The van der Waals surface area contributed by atoms with Gasteiger partial charge in [0.05, 0.1) is 0 Å². The second-order valence-electron chi connectivity index (χ2n) is 3.82. The summed E-state index contributed by atoms with van der Waals surface area (Å²) >= 11 is 5.90. The van der Waals surface area contributed by atoms with Crippen LogP contribution in [0.4, 0.5) is 0 Å². The summed E-state index contributed by atoms with van der Waals surface area (Å²) in [5.41, 5.74) is 1.17. The highest BCUT2D eigenvalue weighted by molar-refractivity contribution is 6.30. The summed E-state index contributed by atoms with van der Waals surface area (Å²) in [5.74, 6) is 2.44. The van der Waals surface area contributed by atoms with Gasteiger partial charge < -0.3 is 4.74 Å². The molecule has 1 nitrogen and oxygen atoms in total. The van der Waals surface area contributed by atoms with Crippen LogP contribution in [0.25, 0.3) is 0 Å². The minimum atomic E-state index is 0.443. The van der Waals surface area contributed by atoms with E-state index in [0.717, 1.165) is 23.0 Å². The van der Waals surface area contributed by atoms with Crippen molar-refractivity contribution in [3.8, 4) is 5.75 Å². The third-order valence-corrected chi connectivity index (χ3v) is 2.58. The Morgan fingerprint density at radius 3 is 2.86 bits per heavy atom. The molecule has 14 heavy (non-hydrogen) atoms. The first-order chi connectivity index (χ1) is 6.66. The maximum atomic E-state index is 5.90. The van der Waals surface area contributed by atoms with E-state index in [-0.39, 0.29) is 0 Å². The molecule has 0 radical (unpaired) electrons. The molecule has 0 saturated carbocycles. The first kappa shape index (κ1) is 9.60. The summed E-state index contributed by atoms with van der Waals surface area (Å²) in [6.45, 7) is 4.26. The van der Waals surface area contributed by atoms with Crippen molar-refractivity contribution >= 4 is 11.6 Å². The predicted molar refractivity (Wildman–Crippen MR) is 58.7 cm³/mol. The first-order valence-electron chi connectivity index (χ1n) is 4.83. The van der Waals surface area contributed by atoms with Crippen molar-refractivity contribution in [1.82, 2.24) is 0 Å². The van der Waals surface area contributed by atoms with E-state index in [1.165, 1.54) is 5.56 Å². The van der Waals surface area contributed by atoms with Crippen LogP contribution < -0.4 is 4.74 Å². The molecule has 1 aliphatic heterocycles. The molecule has 1 aromatic rings. The lowest BCUT2D eigenvalue weighted by Gasteiger charge is -2.20. The zero-order valence-corrected chi connectivity index (χ0v) is 9.14. The summed E-state index contributed by atoms with van der Waals surface area (Å²) in [6.07, 6.45) is 3.05. The molecule has 0 aromatic heterocycles. The van der Waals surface area contributed by atoms with Crippen LogP contribution in [0.5, 0.6) is 5.75 Å². The zero-order valence-electron chi connectivity index (χ0n) is 8.38. The van der Waals surface area contributed by atoms with Crippen LogP contribution in [0.1, 0.15) is 19.4 Å². The van der Waals surface area contributed by atoms with E-state index < -0.39 is 0 Å². The average molecular weight is 209 g/mol. The Morgan fingerprint density at radius 2 is 2.14 bits per heavy atom. The van der Waals surface area contributed by atoms with Gasteiger partial charge in [-0.1, -0.05) is 25.4 Å². The van der Waals surface area contributed by atoms with E-state index in [1.807, 2.05) is 18.2 Å². The highest BCUT2D eigenvalue weighted by atomic mass is 35.5. The van der Waals surface area contributed by atoms with Gasteiger partial charge in [0, 0.05) is 16.5 Å². The van der Waals surface area contributed by atoms with Gasteiger partial charge in [-0.25, -0.2) is 0 Å². The Labute approximate surface area is 89.3 Å². The van der Waals surface area contributed by atoms with Crippen LogP contribution in [0.3, 0.4) is 0 Å². The normalized spacial score (nSPS) is 14.7. The molecule has 2 rings (SSSR count).